The molecule has 0 bridgehead atoms. The van der Waals surface area contributed by atoms with Gasteiger partial charge in [-0.2, -0.15) is 13.2 Å². The molecule has 0 unspecified atom stereocenters. The number of nitrogens with two attached hydrogens (primary N) is 1. The number of hydrogen-bond acceptors (Lipinski definition) is 2. The van der Waals surface area contributed by atoms with Crippen molar-refractivity contribution in [2.45, 2.75) is 24.9 Å². The Bertz CT molecular complexity index is 728. The summed E-state index contributed by atoms with van der Waals surface area (Å²) in [5, 5.41) is 0. The number of rotatable bonds is 2. The van der Waals surface area contributed by atoms with Crippen molar-refractivity contribution >= 4 is 0 Å². The van der Waals surface area contributed by atoms with E-state index in [-0.39, 0.29) is 11.5 Å². The summed E-state index contributed by atoms with van der Waals surface area (Å²) in [5.74, 6) is 5.98. The molecule has 1 heterocycles. The van der Waals surface area contributed by atoms with Crippen LogP contribution in [-0.4, -0.2) is 4.68 Å². The number of hydrogen-bond donors (Lipinski definition) is 1. The summed E-state index contributed by atoms with van der Waals surface area (Å²) in [6.45, 7) is 0. The van der Waals surface area contributed by atoms with Gasteiger partial charge in [0, 0.05) is 17.7 Å². The van der Waals surface area contributed by atoms with E-state index in [2.05, 4.69) is 0 Å². The smallest absolute Gasteiger partial charge is 0.336 e. The van der Waals surface area contributed by atoms with E-state index in [0.717, 1.165) is 35.3 Å². The van der Waals surface area contributed by atoms with Crippen LogP contribution in [0.4, 0.5) is 13.2 Å². The average Bonchev–Trinajstić information content (AvgIpc) is 3.25. The Morgan fingerprint density at radius 3 is 2.19 bits per heavy atom. The fourth-order valence-electron chi connectivity index (χ4n) is 2.31. The summed E-state index contributed by atoms with van der Waals surface area (Å²) < 4.78 is 38.8. The maximum absolute atomic E-state index is 12.5. The minimum absolute atomic E-state index is 0.275. The first-order valence-electron chi connectivity index (χ1n) is 6.56. The van der Waals surface area contributed by atoms with E-state index in [9.17, 15) is 18.0 Å². The van der Waals surface area contributed by atoms with Gasteiger partial charge in [-0.3, -0.25) is 4.79 Å². The first-order chi connectivity index (χ1) is 9.86. The van der Waals surface area contributed by atoms with Gasteiger partial charge in [-0.15, -0.1) is 0 Å². The number of halogens is 3. The minimum Gasteiger partial charge on any atom is -0.336 e. The van der Waals surface area contributed by atoms with Crippen molar-refractivity contribution in [2.24, 2.45) is 0 Å². The van der Waals surface area contributed by atoms with Crippen LogP contribution in [0.15, 0.2) is 41.2 Å². The number of aromatic nitrogens is 1. The van der Waals surface area contributed by atoms with Crippen molar-refractivity contribution in [3.63, 3.8) is 0 Å². The van der Waals surface area contributed by atoms with Gasteiger partial charge >= 0.3 is 6.18 Å². The van der Waals surface area contributed by atoms with Gasteiger partial charge in [-0.1, -0.05) is 12.1 Å². The van der Waals surface area contributed by atoms with Crippen molar-refractivity contribution in [2.75, 3.05) is 5.84 Å². The van der Waals surface area contributed by atoms with Gasteiger partial charge in [0.15, 0.2) is 0 Å². The first kappa shape index (κ1) is 13.7. The lowest BCUT2D eigenvalue weighted by Crippen LogP contribution is -2.29. The van der Waals surface area contributed by atoms with Crippen LogP contribution in [0, 0.1) is 0 Å². The molecule has 0 radical (unpaired) electrons. The van der Waals surface area contributed by atoms with Gasteiger partial charge in [-0.05, 0) is 42.2 Å². The quantitative estimate of drug-likeness (QED) is 0.865. The Hall–Kier alpha value is -2.24. The maximum Gasteiger partial charge on any atom is 0.416 e. The second-order valence-corrected chi connectivity index (χ2v) is 5.23. The SMILES string of the molecule is Nn1c(C2CC2)cc(-c2ccc(C(F)(F)F)cc2)cc1=O. The Labute approximate surface area is 118 Å². The number of benzene rings is 1. The molecule has 1 aromatic heterocycles. The fraction of sp³-hybridized carbons (Fsp3) is 0.267. The zero-order valence-corrected chi connectivity index (χ0v) is 11.0. The average molecular weight is 294 g/mol. The zero-order valence-electron chi connectivity index (χ0n) is 11.0. The minimum atomic E-state index is -4.36. The standard InChI is InChI=1S/C15H13F3N2O/c16-15(17,18)12-5-3-9(4-6-12)11-7-13(10-1-2-10)20(19)14(21)8-11/h3-8,10H,1-2,19H2. The summed E-state index contributed by atoms with van der Waals surface area (Å²) in [5.41, 5.74) is 0.840. The fourth-order valence-corrected chi connectivity index (χ4v) is 2.31. The third kappa shape index (κ3) is 2.66. The van der Waals surface area contributed by atoms with Crippen LogP contribution in [0.25, 0.3) is 11.1 Å². The first-order valence-corrected chi connectivity index (χ1v) is 6.56. The van der Waals surface area contributed by atoms with E-state index >= 15 is 0 Å². The summed E-state index contributed by atoms with van der Waals surface area (Å²) >= 11 is 0. The van der Waals surface area contributed by atoms with E-state index in [0.29, 0.717) is 11.1 Å². The third-order valence-corrected chi connectivity index (χ3v) is 3.64. The summed E-state index contributed by atoms with van der Waals surface area (Å²) in [6.07, 6.45) is -2.40. The molecule has 1 aliphatic rings. The number of alkyl halides is 3. The highest BCUT2D eigenvalue weighted by Crippen LogP contribution is 2.40. The summed E-state index contributed by atoms with van der Waals surface area (Å²) in [4.78, 5) is 11.9. The molecular formula is C15H13F3N2O. The molecule has 3 rings (SSSR count). The van der Waals surface area contributed by atoms with Gasteiger partial charge in [-0.25, -0.2) is 4.68 Å². The molecule has 2 aromatic rings. The predicted molar refractivity (Wildman–Crippen MR) is 73.3 cm³/mol. The highest BCUT2D eigenvalue weighted by atomic mass is 19.4. The lowest BCUT2D eigenvalue weighted by Gasteiger charge is -2.11. The number of pyridine rings is 1. The zero-order chi connectivity index (χ0) is 15.2. The summed E-state index contributed by atoms with van der Waals surface area (Å²) in [7, 11) is 0. The Kier molecular flexibility index (Phi) is 3.04. The molecule has 0 amide bonds. The van der Waals surface area contributed by atoms with Gasteiger partial charge in [0.05, 0.1) is 5.56 Å². The maximum atomic E-state index is 12.5. The highest BCUT2D eigenvalue weighted by molar-refractivity contribution is 5.64. The topological polar surface area (TPSA) is 48.0 Å². The number of nitrogens with zero attached hydrogens (tertiary/aromatic N) is 1. The lowest BCUT2D eigenvalue weighted by molar-refractivity contribution is -0.137. The molecule has 110 valence electrons. The van der Waals surface area contributed by atoms with E-state index in [1.807, 2.05) is 0 Å². The molecule has 0 atom stereocenters. The van der Waals surface area contributed by atoms with Crippen molar-refractivity contribution in [3.05, 3.63) is 58.0 Å². The van der Waals surface area contributed by atoms with E-state index in [4.69, 9.17) is 5.84 Å². The molecule has 2 N–H and O–H groups in total. The molecule has 0 aliphatic heterocycles. The van der Waals surface area contributed by atoms with Crippen LogP contribution in [0.2, 0.25) is 0 Å². The third-order valence-electron chi connectivity index (χ3n) is 3.64. The molecular weight excluding hydrogens is 281 g/mol. The molecule has 0 spiro atoms. The van der Waals surface area contributed by atoms with Crippen LogP contribution in [-0.2, 0) is 6.18 Å². The van der Waals surface area contributed by atoms with Crippen LogP contribution in [0.1, 0.15) is 30.0 Å². The lowest BCUT2D eigenvalue weighted by atomic mass is 10.0. The van der Waals surface area contributed by atoms with Crippen LogP contribution in [0.5, 0.6) is 0 Å². The molecule has 1 aliphatic carbocycles. The second-order valence-electron chi connectivity index (χ2n) is 5.23. The molecule has 3 nitrogen and oxygen atoms in total. The van der Waals surface area contributed by atoms with Crippen LogP contribution >= 0.6 is 0 Å². The van der Waals surface area contributed by atoms with Gasteiger partial charge < -0.3 is 5.84 Å². The molecule has 1 aromatic carbocycles. The molecule has 21 heavy (non-hydrogen) atoms. The van der Waals surface area contributed by atoms with Gasteiger partial charge in [0.1, 0.15) is 0 Å². The highest BCUT2D eigenvalue weighted by Gasteiger charge is 2.30. The molecule has 6 heteroatoms. The Morgan fingerprint density at radius 2 is 1.67 bits per heavy atom. The van der Waals surface area contributed by atoms with Crippen LogP contribution < -0.4 is 11.4 Å². The Morgan fingerprint density at radius 1 is 1.05 bits per heavy atom. The van der Waals surface area contributed by atoms with Crippen molar-refractivity contribution in [3.8, 4) is 11.1 Å². The predicted octanol–water partition coefficient (Wildman–Crippen LogP) is 3.13. The van der Waals surface area contributed by atoms with E-state index < -0.39 is 11.7 Å². The normalized spacial score (nSPS) is 15.2. The van der Waals surface area contributed by atoms with E-state index in [1.54, 1.807) is 6.07 Å². The van der Waals surface area contributed by atoms with Gasteiger partial charge in [0.25, 0.3) is 5.56 Å². The van der Waals surface area contributed by atoms with Gasteiger partial charge in [0.2, 0.25) is 0 Å². The molecule has 1 saturated carbocycles. The second kappa shape index (κ2) is 4.65. The molecule has 0 saturated heterocycles. The van der Waals surface area contributed by atoms with Crippen molar-refractivity contribution in [1.82, 2.24) is 4.68 Å². The van der Waals surface area contributed by atoms with Crippen molar-refractivity contribution < 1.29 is 13.2 Å². The van der Waals surface area contributed by atoms with Crippen LogP contribution in [0.3, 0.4) is 0 Å². The van der Waals surface area contributed by atoms with Crippen molar-refractivity contribution in [1.29, 1.82) is 0 Å². The largest absolute Gasteiger partial charge is 0.416 e. The number of nitrogen functional groups attached to an aromatic ring is 1. The monoisotopic (exact) mass is 294 g/mol. The summed E-state index contributed by atoms with van der Waals surface area (Å²) in [6, 6.07) is 7.89. The Balaban J connectivity index is 2.02. The van der Waals surface area contributed by atoms with E-state index in [1.165, 1.54) is 18.2 Å². The molecule has 1 fully saturated rings.